The van der Waals surface area contributed by atoms with Crippen LogP contribution >= 0.6 is 0 Å². The van der Waals surface area contributed by atoms with E-state index in [0.29, 0.717) is 18.2 Å². The Kier molecular flexibility index (Phi) is 5.20. The van der Waals surface area contributed by atoms with E-state index in [1.54, 1.807) is 18.3 Å². The Labute approximate surface area is 136 Å². The van der Waals surface area contributed by atoms with Gasteiger partial charge in [-0.2, -0.15) is 5.10 Å². The number of carbonyl (C=O) groups excluding carboxylic acids is 1. The third kappa shape index (κ3) is 3.80. The summed E-state index contributed by atoms with van der Waals surface area (Å²) in [5.74, 6) is 0.409. The molecule has 0 bridgehead atoms. The van der Waals surface area contributed by atoms with Gasteiger partial charge in [0.25, 0.3) is 0 Å². The lowest BCUT2D eigenvalue weighted by Gasteiger charge is -2.16. The molecular weight excluding hydrogens is 294 g/mol. The summed E-state index contributed by atoms with van der Waals surface area (Å²) in [5, 5.41) is 10.1. The summed E-state index contributed by atoms with van der Waals surface area (Å²) in [6.07, 6.45) is 1.62. The van der Waals surface area contributed by atoms with Crippen molar-refractivity contribution in [2.75, 3.05) is 11.9 Å². The van der Waals surface area contributed by atoms with Gasteiger partial charge in [-0.05, 0) is 39.8 Å². The fourth-order valence-corrected chi connectivity index (χ4v) is 2.58. The van der Waals surface area contributed by atoms with Gasteiger partial charge in [0.1, 0.15) is 5.69 Å². The normalized spacial score (nSPS) is 11.9. The van der Waals surface area contributed by atoms with Crippen LogP contribution in [0.1, 0.15) is 36.8 Å². The van der Waals surface area contributed by atoms with Crippen LogP contribution in [-0.4, -0.2) is 27.4 Å². The zero-order chi connectivity index (χ0) is 17.0. The number of rotatable bonds is 5. The number of carbonyl (C=O) groups is 1. The zero-order valence-corrected chi connectivity index (χ0v) is 14.2. The molecule has 2 aromatic heterocycles. The van der Waals surface area contributed by atoms with E-state index in [9.17, 15) is 4.79 Å². The molecule has 0 unspecified atom stereocenters. The van der Waals surface area contributed by atoms with Crippen molar-refractivity contribution in [3.05, 3.63) is 35.3 Å². The van der Waals surface area contributed by atoms with Crippen molar-refractivity contribution in [3.8, 4) is 5.88 Å². The Bertz CT molecular complexity index is 696. The van der Waals surface area contributed by atoms with Crippen LogP contribution in [0.5, 0.6) is 5.88 Å². The van der Waals surface area contributed by atoms with E-state index >= 15 is 0 Å². The highest BCUT2D eigenvalue weighted by Gasteiger charge is 2.18. The summed E-state index contributed by atoms with van der Waals surface area (Å²) in [5.41, 5.74) is 3.51. The van der Waals surface area contributed by atoms with E-state index in [1.165, 1.54) is 0 Å². The molecule has 0 saturated heterocycles. The molecule has 124 valence electrons. The fourth-order valence-electron chi connectivity index (χ4n) is 2.58. The van der Waals surface area contributed by atoms with Crippen LogP contribution in [0.4, 0.5) is 10.5 Å². The van der Waals surface area contributed by atoms with Crippen molar-refractivity contribution >= 4 is 11.7 Å². The summed E-state index contributed by atoms with van der Waals surface area (Å²) in [6.45, 7) is 8.21. The van der Waals surface area contributed by atoms with Crippen LogP contribution in [0.3, 0.4) is 0 Å². The number of nitrogens with zero attached hydrogens (tertiary/aromatic N) is 3. The monoisotopic (exact) mass is 317 g/mol. The molecule has 2 rings (SSSR count). The number of pyridine rings is 1. The van der Waals surface area contributed by atoms with Gasteiger partial charge in [-0.1, -0.05) is 0 Å². The zero-order valence-electron chi connectivity index (χ0n) is 14.2. The lowest BCUT2D eigenvalue weighted by molar-refractivity contribution is 0.249. The fraction of sp³-hybridized carbons (Fsp3) is 0.438. The number of amides is 2. The van der Waals surface area contributed by atoms with Gasteiger partial charge in [0.15, 0.2) is 0 Å². The second kappa shape index (κ2) is 7.13. The van der Waals surface area contributed by atoms with Crippen molar-refractivity contribution < 1.29 is 9.53 Å². The van der Waals surface area contributed by atoms with Crippen LogP contribution < -0.4 is 15.4 Å². The predicted molar refractivity (Wildman–Crippen MR) is 88.7 cm³/mol. The first-order valence-electron chi connectivity index (χ1n) is 7.59. The van der Waals surface area contributed by atoms with Crippen LogP contribution in [0.15, 0.2) is 18.3 Å². The minimum absolute atomic E-state index is 0.157. The van der Waals surface area contributed by atoms with Gasteiger partial charge in [-0.25, -0.2) is 9.78 Å². The number of aryl methyl sites for hydroxylation is 2. The van der Waals surface area contributed by atoms with Gasteiger partial charge < -0.3 is 15.4 Å². The molecule has 0 fully saturated rings. The standard InChI is InChI=1S/C16H23N5O2/c1-6-23-15-13(8-7-9-17-15)19-16(22)18-10(2)14-11(3)20-21(5)12(14)4/h7-10H,6H2,1-5H3,(H2,18,19,22)/t10-/m1/s1. The van der Waals surface area contributed by atoms with Crippen LogP contribution in [-0.2, 0) is 7.05 Å². The molecule has 1 atom stereocenters. The van der Waals surface area contributed by atoms with E-state index in [0.717, 1.165) is 17.0 Å². The first-order valence-corrected chi connectivity index (χ1v) is 7.59. The SMILES string of the molecule is CCOc1ncccc1NC(=O)N[C@H](C)c1c(C)nn(C)c1C. The van der Waals surface area contributed by atoms with Gasteiger partial charge >= 0.3 is 6.03 Å². The van der Waals surface area contributed by atoms with Gasteiger partial charge in [0.05, 0.1) is 18.3 Å². The number of hydrogen-bond acceptors (Lipinski definition) is 4. The molecule has 2 N–H and O–H groups in total. The van der Waals surface area contributed by atoms with Gasteiger partial charge in [0, 0.05) is 24.5 Å². The minimum atomic E-state index is -0.311. The topological polar surface area (TPSA) is 81.1 Å². The summed E-state index contributed by atoms with van der Waals surface area (Å²) in [4.78, 5) is 16.4. The maximum absolute atomic E-state index is 12.2. The minimum Gasteiger partial charge on any atom is -0.476 e. The molecule has 0 aliphatic heterocycles. The second-order valence-corrected chi connectivity index (χ2v) is 5.32. The smallest absolute Gasteiger partial charge is 0.319 e. The summed E-state index contributed by atoms with van der Waals surface area (Å²) < 4.78 is 7.22. The Morgan fingerprint density at radius 3 is 2.78 bits per heavy atom. The summed E-state index contributed by atoms with van der Waals surface area (Å²) in [6, 6.07) is 3.03. The van der Waals surface area contributed by atoms with Gasteiger partial charge in [-0.15, -0.1) is 0 Å². The second-order valence-electron chi connectivity index (χ2n) is 5.32. The number of urea groups is 1. The van der Waals surface area contributed by atoms with E-state index in [-0.39, 0.29) is 12.1 Å². The first kappa shape index (κ1) is 16.8. The van der Waals surface area contributed by atoms with E-state index in [2.05, 4.69) is 20.7 Å². The Hall–Kier alpha value is -2.57. The third-order valence-electron chi connectivity index (χ3n) is 3.65. The predicted octanol–water partition coefficient (Wildman–Crippen LogP) is 2.71. The third-order valence-corrected chi connectivity index (χ3v) is 3.65. The molecule has 0 saturated carbocycles. The van der Waals surface area contributed by atoms with Crippen molar-refractivity contribution in [1.29, 1.82) is 0 Å². The number of anilines is 1. The number of ether oxygens (including phenoxy) is 1. The number of hydrogen-bond donors (Lipinski definition) is 2. The Morgan fingerprint density at radius 1 is 1.43 bits per heavy atom. The number of aromatic nitrogens is 3. The molecule has 7 nitrogen and oxygen atoms in total. The van der Waals surface area contributed by atoms with E-state index < -0.39 is 0 Å². The van der Waals surface area contributed by atoms with Crippen molar-refractivity contribution in [2.45, 2.75) is 33.7 Å². The van der Waals surface area contributed by atoms with Crippen molar-refractivity contribution in [2.24, 2.45) is 7.05 Å². The first-order chi connectivity index (χ1) is 10.9. The molecular formula is C16H23N5O2. The molecule has 23 heavy (non-hydrogen) atoms. The highest BCUT2D eigenvalue weighted by atomic mass is 16.5. The molecule has 7 heteroatoms. The average Bonchev–Trinajstić information content (AvgIpc) is 2.74. The quantitative estimate of drug-likeness (QED) is 0.888. The van der Waals surface area contributed by atoms with Crippen LogP contribution in [0, 0.1) is 13.8 Å². The largest absolute Gasteiger partial charge is 0.476 e. The van der Waals surface area contributed by atoms with Crippen LogP contribution in [0.2, 0.25) is 0 Å². The summed E-state index contributed by atoms with van der Waals surface area (Å²) in [7, 11) is 1.89. The maximum atomic E-state index is 12.2. The van der Waals surface area contributed by atoms with Gasteiger partial charge in [-0.3, -0.25) is 4.68 Å². The molecule has 0 aliphatic rings. The number of nitrogens with one attached hydrogen (secondary N) is 2. The van der Waals surface area contributed by atoms with E-state index in [1.807, 2.05) is 39.4 Å². The van der Waals surface area contributed by atoms with Gasteiger partial charge in [0.2, 0.25) is 5.88 Å². The summed E-state index contributed by atoms with van der Waals surface area (Å²) >= 11 is 0. The van der Waals surface area contributed by atoms with Crippen LogP contribution in [0.25, 0.3) is 0 Å². The average molecular weight is 317 g/mol. The van der Waals surface area contributed by atoms with E-state index in [4.69, 9.17) is 4.74 Å². The van der Waals surface area contributed by atoms with Crippen molar-refractivity contribution in [1.82, 2.24) is 20.1 Å². The molecule has 0 aromatic carbocycles. The molecule has 2 heterocycles. The molecule has 2 aromatic rings. The molecule has 2 amide bonds. The Morgan fingerprint density at radius 2 is 2.17 bits per heavy atom. The highest BCUT2D eigenvalue weighted by Crippen LogP contribution is 2.22. The van der Waals surface area contributed by atoms with Crippen molar-refractivity contribution in [3.63, 3.8) is 0 Å². The highest BCUT2D eigenvalue weighted by molar-refractivity contribution is 5.90. The molecule has 0 aliphatic carbocycles. The molecule has 0 radical (unpaired) electrons. The lowest BCUT2D eigenvalue weighted by Crippen LogP contribution is -2.31. The lowest BCUT2D eigenvalue weighted by atomic mass is 10.1. The molecule has 0 spiro atoms. The maximum Gasteiger partial charge on any atom is 0.319 e. The Balaban J connectivity index is 2.08.